The number of hydrogen-bond donors (Lipinski definition) is 0. The number of benzene rings is 1. The lowest BCUT2D eigenvalue weighted by molar-refractivity contribution is 0.322. The van der Waals surface area contributed by atoms with E-state index < -0.39 is 0 Å². The van der Waals surface area contributed by atoms with Crippen LogP contribution in [0.1, 0.15) is 5.56 Å². The van der Waals surface area contributed by atoms with Crippen molar-refractivity contribution in [1.29, 1.82) is 0 Å². The number of rotatable bonds is 2. The van der Waals surface area contributed by atoms with Gasteiger partial charge in [0.05, 0.1) is 5.39 Å². The minimum atomic E-state index is 0.332. The van der Waals surface area contributed by atoms with E-state index in [1.165, 1.54) is 0 Å². The molecule has 4 heteroatoms. The molecule has 0 fully saturated rings. The van der Waals surface area contributed by atoms with Gasteiger partial charge in [0.25, 0.3) is 5.88 Å². The molecule has 0 saturated heterocycles. The van der Waals surface area contributed by atoms with Crippen LogP contribution in [0, 0.1) is 16.8 Å². The Morgan fingerprint density at radius 3 is 3.20 bits per heavy atom. The molecule has 1 aromatic carbocycles. The van der Waals surface area contributed by atoms with E-state index in [4.69, 9.17) is 9.26 Å². The van der Waals surface area contributed by atoms with Crippen LogP contribution in [0.2, 0.25) is 0 Å². The zero-order chi connectivity index (χ0) is 10.7. The van der Waals surface area contributed by atoms with Crippen LogP contribution in [-0.4, -0.2) is 11.8 Å². The lowest BCUT2D eigenvalue weighted by atomic mass is 10.2. The summed E-state index contributed by atoms with van der Waals surface area (Å²) in [5.74, 6) is 3.30. The van der Waals surface area contributed by atoms with E-state index in [2.05, 4.69) is 15.0 Å². The molecule has 0 aliphatic heterocycles. The van der Waals surface area contributed by atoms with Crippen molar-refractivity contribution in [2.75, 3.05) is 6.61 Å². The number of halogens is 1. The molecular weight excluding hydrogens is 305 g/mol. The van der Waals surface area contributed by atoms with Crippen molar-refractivity contribution in [3.05, 3.63) is 23.8 Å². The summed E-state index contributed by atoms with van der Waals surface area (Å²) < 4.78 is 13.2. The van der Waals surface area contributed by atoms with Crippen molar-refractivity contribution in [2.45, 2.75) is 6.92 Å². The van der Waals surface area contributed by atoms with Gasteiger partial charge in [-0.3, -0.25) is 0 Å². The van der Waals surface area contributed by atoms with E-state index in [-0.39, 0.29) is 0 Å². The summed E-state index contributed by atoms with van der Waals surface area (Å²) >= 11 is 1.97. The SMILES string of the molecule is Cc1ccc2c(OCC#CI)noc2c1. The van der Waals surface area contributed by atoms with Gasteiger partial charge in [0.2, 0.25) is 0 Å². The molecule has 1 heterocycles. The topological polar surface area (TPSA) is 35.3 Å². The second-order valence-electron chi connectivity index (χ2n) is 3.05. The highest BCUT2D eigenvalue weighted by atomic mass is 127. The highest BCUT2D eigenvalue weighted by Gasteiger charge is 2.08. The number of aromatic nitrogens is 1. The van der Waals surface area contributed by atoms with Gasteiger partial charge in [0, 0.05) is 22.6 Å². The second kappa shape index (κ2) is 4.53. The van der Waals surface area contributed by atoms with E-state index >= 15 is 0 Å². The molecule has 0 bridgehead atoms. The van der Waals surface area contributed by atoms with Gasteiger partial charge in [-0.1, -0.05) is 12.0 Å². The Hall–Kier alpha value is -1.22. The Kier molecular flexibility index (Phi) is 3.11. The molecule has 0 aliphatic carbocycles. The van der Waals surface area contributed by atoms with Crippen molar-refractivity contribution in [1.82, 2.24) is 5.16 Å². The third kappa shape index (κ3) is 2.23. The van der Waals surface area contributed by atoms with Gasteiger partial charge in [0.15, 0.2) is 12.2 Å². The molecule has 3 nitrogen and oxygen atoms in total. The molecule has 0 N–H and O–H groups in total. The van der Waals surface area contributed by atoms with E-state index in [0.29, 0.717) is 12.5 Å². The maximum atomic E-state index is 5.36. The lowest BCUT2D eigenvalue weighted by Crippen LogP contribution is -1.93. The number of aryl methyl sites for hydroxylation is 1. The molecule has 15 heavy (non-hydrogen) atoms. The van der Waals surface area contributed by atoms with E-state index in [1.807, 2.05) is 47.7 Å². The van der Waals surface area contributed by atoms with Crippen molar-refractivity contribution in [3.63, 3.8) is 0 Å². The quantitative estimate of drug-likeness (QED) is 0.632. The predicted octanol–water partition coefficient (Wildman–Crippen LogP) is 2.91. The van der Waals surface area contributed by atoms with Crippen molar-refractivity contribution in [2.24, 2.45) is 0 Å². The highest BCUT2D eigenvalue weighted by Crippen LogP contribution is 2.25. The Balaban J connectivity index is 2.31. The van der Waals surface area contributed by atoms with Gasteiger partial charge in [-0.05, 0) is 33.7 Å². The minimum absolute atomic E-state index is 0.332. The van der Waals surface area contributed by atoms with Gasteiger partial charge in [-0.15, -0.1) is 0 Å². The Morgan fingerprint density at radius 1 is 1.53 bits per heavy atom. The van der Waals surface area contributed by atoms with Gasteiger partial charge in [0.1, 0.15) is 0 Å². The van der Waals surface area contributed by atoms with Crippen LogP contribution in [-0.2, 0) is 0 Å². The number of hydrogen-bond acceptors (Lipinski definition) is 3. The summed E-state index contributed by atoms with van der Waals surface area (Å²) in [6, 6.07) is 5.86. The fraction of sp³-hybridized carbons (Fsp3) is 0.182. The van der Waals surface area contributed by atoms with Gasteiger partial charge < -0.3 is 9.26 Å². The van der Waals surface area contributed by atoms with E-state index in [9.17, 15) is 0 Å². The van der Waals surface area contributed by atoms with E-state index in [1.54, 1.807) is 0 Å². The van der Waals surface area contributed by atoms with E-state index in [0.717, 1.165) is 16.5 Å². The molecule has 76 valence electrons. The summed E-state index contributed by atoms with van der Waals surface area (Å²) in [7, 11) is 0. The lowest BCUT2D eigenvalue weighted by Gasteiger charge is -1.95. The summed E-state index contributed by atoms with van der Waals surface area (Å²) in [6.07, 6.45) is 0. The number of ether oxygens (including phenoxy) is 1. The Labute approximate surface area is 101 Å². The molecule has 0 amide bonds. The molecule has 2 rings (SSSR count). The zero-order valence-electron chi connectivity index (χ0n) is 8.08. The molecule has 0 aliphatic rings. The first kappa shape index (κ1) is 10.3. The Bertz CT molecular complexity index is 536. The molecule has 1 aromatic heterocycles. The first-order valence-electron chi connectivity index (χ1n) is 4.38. The first-order valence-corrected chi connectivity index (χ1v) is 5.46. The third-order valence-electron chi connectivity index (χ3n) is 1.94. The van der Waals surface area contributed by atoms with Gasteiger partial charge >= 0.3 is 0 Å². The van der Waals surface area contributed by atoms with Crippen LogP contribution in [0.25, 0.3) is 11.0 Å². The van der Waals surface area contributed by atoms with Crippen LogP contribution in [0.5, 0.6) is 5.88 Å². The van der Waals surface area contributed by atoms with Crippen molar-refractivity contribution in [3.8, 4) is 15.7 Å². The van der Waals surface area contributed by atoms with Crippen molar-refractivity contribution >= 4 is 33.6 Å². The largest absolute Gasteiger partial charge is 0.462 e. The molecule has 0 atom stereocenters. The van der Waals surface area contributed by atoms with Gasteiger partial charge in [-0.25, -0.2) is 0 Å². The van der Waals surface area contributed by atoms with Crippen LogP contribution in [0.4, 0.5) is 0 Å². The third-order valence-corrected chi connectivity index (χ3v) is 2.32. The van der Waals surface area contributed by atoms with Crippen LogP contribution >= 0.6 is 22.6 Å². The monoisotopic (exact) mass is 313 g/mol. The summed E-state index contributed by atoms with van der Waals surface area (Å²) in [6.45, 7) is 2.34. The van der Waals surface area contributed by atoms with Crippen LogP contribution in [0.15, 0.2) is 22.7 Å². The molecule has 0 saturated carbocycles. The zero-order valence-corrected chi connectivity index (χ0v) is 10.2. The summed E-state index contributed by atoms with van der Waals surface area (Å²) in [4.78, 5) is 0. The van der Waals surface area contributed by atoms with Crippen LogP contribution in [0.3, 0.4) is 0 Å². The molecule has 0 radical (unpaired) electrons. The average molecular weight is 313 g/mol. The van der Waals surface area contributed by atoms with Crippen molar-refractivity contribution < 1.29 is 9.26 Å². The minimum Gasteiger partial charge on any atom is -0.462 e. The first-order chi connectivity index (χ1) is 7.31. The van der Waals surface area contributed by atoms with Crippen LogP contribution < -0.4 is 4.74 Å². The highest BCUT2D eigenvalue weighted by molar-refractivity contribution is 14.1. The molecule has 0 unspecified atom stereocenters. The average Bonchev–Trinajstić information content (AvgIpc) is 2.61. The fourth-order valence-corrected chi connectivity index (χ4v) is 1.41. The number of nitrogens with zero attached hydrogens (tertiary/aromatic N) is 1. The van der Waals surface area contributed by atoms with Gasteiger partial charge in [-0.2, -0.15) is 0 Å². The molecule has 2 aromatic rings. The fourth-order valence-electron chi connectivity index (χ4n) is 1.26. The second-order valence-corrected chi connectivity index (χ2v) is 3.59. The maximum absolute atomic E-state index is 5.36. The molecule has 0 spiro atoms. The Morgan fingerprint density at radius 2 is 2.40 bits per heavy atom. The number of fused-ring (bicyclic) bond motifs is 1. The smallest absolute Gasteiger partial charge is 0.263 e. The normalized spacial score (nSPS) is 9.73. The predicted molar refractivity (Wildman–Crippen MR) is 66.0 cm³/mol. The summed E-state index contributed by atoms with van der Waals surface area (Å²) in [5.41, 5.74) is 1.88. The summed E-state index contributed by atoms with van der Waals surface area (Å²) in [5, 5.41) is 4.73. The standard InChI is InChI=1S/C11H8INO2/c1-8-3-4-9-10(7-8)15-13-11(9)14-6-2-5-12/h3-4,7H,6H2,1H3. The molecular formula is C11H8INO2. The maximum Gasteiger partial charge on any atom is 0.263 e.